The van der Waals surface area contributed by atoms with Crippen LogP contribution in [0.5, 0.6) is 0 Å². The summed E-state index contributed by atoms with van der Waals surface area (Å²) in [5, 5.41) is 0. The molecule has 2 saturated carbocycles. The second kappa shape index (κ2) is 2.48. The van der Waals surface area contributed by atoms with Gasteiger partial charge in [-0.25, -0.2) is 0 Å². The van der Waals surface area contributed by atoms with Gasteiger partial charge in [0.1, 0.15) is 0 Å². The first-order valence-corrected chi connectivity index (χ1v) is 5.01. The third-order valence-corrected chi connectivity index (χ3v) is 4.21. The zero-order chi connectivity index (χ0) is 7.90. The fourth-order valence-electron chi connectivity index (χ4n) is 3.39. The molecule has 0 aromatic heterocycles. The number of nitrogens with two attached hydrogens (primary N) is 1. The topological polar surface area (TPSA) is 26.0 Å². The summed E-state index contributed by atoms with van der Waals surface area (Å²) in [5.41, 5.74) is 6.44. The van der Waals surface area contributed by atoms with Crippen LogP contribution in [0, 0.1) is 17.3 Å². The normalized spacial score (nSPS) is 48.5. The van der Waals surface area contributed by atoms with Crippen LogP contribution in [0.25, 0.3) is 0 Å². The van der Waals surface area contributed by atoms with Crippen molar-refractivity contribution in [1.29, 1.82) is 0 Å². The molecule has 0 saturated heterocycles. The van der Waals surface area contributed by atoms with Gasteiger partial charge >= 0.3 is 0 Å². The van der Waals surface area contributed by atoms with Gasteiger partial charge in [-0.3, -0.25) is 0 Å². The van der Waals surface area contributed by atoms with Crippen molar-refractivity contribution in [2.45, 2.75) is 39.0 Å². The first-order valence-electron chi connectivity index (χ1n) is 5.01. The fourth-order valence-corrected chi connectivity index (χ4v) is 3.39. The highest BCUT2D eigenvalue weighted by Gasteiger charge is 2.48. The lowest BCUT2D eigenvalue weighted by Gasteiger charge is -2.35. The van der Waals surface area contributed by atoms with Gasteiger partial charge < -0.3 is 5.73 Å². The van der Waals surface area contributed by atoms with Crippen LogP contribution in [0.3, 0.4) is 0 Å². The Hall–Kier alpha value is -0.0400. The molecular formula is C10H19N. The molecule has 0 aromatic rings. The average molecular weight is 153 g/mol. The van der Waals surface area contributed by atoms with E-state index in [9.17, 15) is 0 Å². The second-order valence-corrected chi connectivity index (χ2v) is 4.50. The van der Waals surface area contributed by atoms with Gasteiger partial charge in [-0.15, -0.1) is 0 Å². The maximum Gasteiger partial charge on any atom is -0.00179 e. The van der Waals surface area contributed by atoms with Gasteiger partial charge in [0.05, 0.1) is 0 Å². The van der Waals surface area contributed by atoms with Gasteiger partial charge in [-0.05, 0) is 49.5 Å². The molecule has 3 unspecified atom stereocenters. The van der Waals surface area contributed by atoms with Crippen molar-refractivity contribution in [3.8, 4) is 0 Å². The van der Waals surface area contributed by atoms with Crippen LogP contribution in [0.15, 0.2) is 0 Å². The van der Waals surface area contributed by atoms with Gasteiger partial charge in [-0.1, -0.05) is 13.3 Å². The molecule has 2 rings (SSSR count). The molecule has 0 aromatic carbocycles. The zero-order valence-electron chi connectivity index (χ0n) is 7.47. The average Bonchev–Trinajstić information content (AvgIpc) is 2.62. The summed E-state index contributed by atoms with van der Waals surface area (Å²) in [6.45, 7) is 3.25. The third kappa shape index (κ3) is 0.936. The Morgan fingerprint density at radius 1 is 1.45 bits per heavy atom. The highest BCUT2D eigenvalue weighted by Crippen LogP contribution is 2.56. The van der Waals surface area contributed by atoms with Crippen molar-refractivity contribution in [3.05, 3.63) is 0 Å². The maximum absolute atomic E-state index is 5.87. The highest BCUT2D eigenvalue weighted by molar-refractivity contribution is 5.00. The first-order chi connectivity index (χ1) is 5.30. The van der Waals surface area contributed by atoms with E-state index in [0.717, 1.165) is 18.4 Å². The van der Waals surface area contributed by atoms with Crippen LogP contribution in [0.1, 0.15) is 39.0 Å². The van der Waals surface area contributed by atoms with E-state index < -0.39 is 0 Å². The number of rotatable bonds is 2. The first kappa shape index (κ1) is 7.60. The molecule has 3 atom stereocenters. The van der Waals surface area contributed by atoms with Crippen LogP contribution < -0.4 is 5.73 Å². The van der Waals surface area contributed by atoms with E-state index in [1.54, 1.807) is 0 Å². The van der Waals surface area contributed by atoms with Crippen molar-refractivity contribution < 1.29 is 0 Å². The monoisotopic (exact) mass is 153 g/mol. The smallest absolute Gasteiger partial charge is 0.00179 e. The lowest BCUT2D eigenvalue weighted by Crippen LogP contribution is -2.35. The molecule has 1 nitrogen and oxygen atoms in total. The highest BCUT2D eigenvalue weighted by atomic mass is 14.7. The summed E-state index contributed by atoms with van der Waals surface area (Å²) in [4.78, 5) is 0. The SMILES string of the molecule is CCC1(CN)CC2CCC1C2. The van der Waals surface area contributed by atoms with Crippen LogP contribution in [0.4, 0.5) is 0 Å². The Kier molecular flexibility index (Phi) is 1.71. The summed E-state index contributed by atoms with van der Waals surface area (Å²) in [6, 6.07) is 0. The molecular weight excluding hydrogens is 134 g/mol. The molecule has 2 aliphatic rings. The van der Waals surface area contributed by atoms with Crippen molar-refractivity contribution >= 4 is 0 Å². The molecule has 2 bridgehead atoms. The molecule has 1 heteroatoms. The quantitative estimate of drug-likeness (QED) is 0.646. The lowest BCUT2D eigenvalue weighted by molar-refractivity contribution is 0.165. The summed E-state index contributed by atoms with van der Waals surface area (Å²) >= 11 is 0. The summed E-state index contributed by atoms with van der Waals surface area (Å²) in [5.74, 6) is 2.03. The number of fused-ring (bicyclic) bond motifs is 2. The zero-order valence-corrected chi connectivity index (χ0v) is 7.47. The lowest BCUT2D eigenvalue weighted by atomic mass is 9.71. The minimum absolute atomic E-state index is 0.572. The van der Waals surface area contributed by atoms with Gasteiger partial charge in [0.15, 0.2) is 0 Å². The van der Waals surface area contributed by atoms with Crippen molar-refractivity contribution in [3.63, 3.8) is 0 Å². The molecule has 0 heterocycles. The Morgan fingerprint density at radius 3 is 2.55 bits per heavy atom. The minimum atomic E-state index is 0.572. The molecule has 2 fully saturated rings. The second-order valence-electron chi connectivity index (χ2n) is 4.50. The predicted molar refractivity (Wildman–Crippen MR) is 47.2 cm³/mol. The largest absolute Gasteiger partial charge is 0.330 e. The minimum Gasteiger partial charge on any atom is -0.330 e. The number of hydrogen-bond donors (Lipinski definition) is 1. The fraction of sp³-hybridized carbons (Fsp3) is 1.00. The Labute approximate surface area is 69.4 Å². The van der Waals surface area contributed by atoms with Crippen LogP contribution >= 0.6 is 0 Å². The molecule has 0 amide bonds. The van der Waals surface area contributed by atoms with Crippen molar-refractivity contribution in [2.24, 2.45) is 23.0 Å². The Morgan fingerprint density at radius 2 is 2.27 bits per heavy atom. The van der Waals surface area contributed by atoms with E-state index in [-0.39, 0.29) is 0 Å². The van der Waals surface area contributed by atoms with E-state index in [1.165, 1.54) is 32.1 Å². The summed E-state index contributed by atoms with van der Waals surface area (Å²) < 4.78 is 0. The predicted octanol–water partition coefficient (Wildman–Crippen LogP) is 2.16. The van der Waals surface area contributed by atoms with Crippen LogP contribution in [-0.2, 0) is 0 Å². The van der Waals surface area contributed by atoms with Crippen LogP contribution in [-0.4, -0.2) is 6.54 Å². The van der Waals surface area contributed by atoms with Crippen molar-refractivity contribution in [1.82, 2.24) is 0 Å². The standard InChI is InChI=1S/C10H19N/c1-2-10(7-11)6-8-3-4-9(10)5-8/h8-9H,2-7,11H2,1H3. The van der Waals surface area contributed by atoms with E-state index >= 15 is 0 Å². The number of hydrogen-bond acceptors (Lipinski definition) is 1. The Bertz CT molecular complexity index is 149. The van der Waals surface area contributed by atoms with Gasteiger partial charge in [0, 0.05) is 0 Å². The van der Waals surface area contributed by atoms with Crippen molar-refractivity contribution in [2.75, 3.05) is 6.54 Å². The molecule has 0 aliphatic heterocycles. The Balaban J connectivity index is 2.14. The van der Waals surface area contributed by atoms with E-state index in [4.69, 9.17) is 5.73 Å². The summed E-state index contributed by atoms with van der Waals surface area (Å²) in [6.07, 6.45) is 7.20. The van der Waals surface area contributed by atoms with Crippen LogP contribution in [0.2, 0.25) is 0 Å². The molecule has 64 valence electrons. The summed E-state index contributed by atoms with van der Waals surface area (Å²) in [7, 11) is 0. The van der Waals surface area contributed by atoms with E-state index in [0.29, 0.717) is 5.41 Å². The van der Waals surface area contributed by atoms with E-state index in [2.05, 4.69) is 6.92 Å². The van der Waals surface area contributed by atoms with Gasteiger partial charge in [0.2, 0.25) is 0 Å². The van der Waals surface area contributed by atoms with Gasteiger partial charge in [-0.2, -0.15) is 0 Å². The maximum atomic E-state index is 5.87. The molecule has 2 N–H and O–H groups in total. The molecule has 0 radical (unpaired) electrons. The van der Waals surface area contributed by atoms with E-state index in [1.807, 2.05) is 0 Å². The van der Waals surface area contributed by atoms with Gasteiger partial charge in [0.25, 0.3) is 0 Å². The molecule has 0 spiro atoms. The molecule has 2 aliphatic carbocycles. The third-order valence-electron chi connectivity index (χ3n) is 4.21. The molecule has 11 heavy (non-hydrogen) atoms.